The van der Waals surface area contributed by atoms with E-state index in [1.54, 1.807) is 6.20 Å². The van der Waals surface area contributed by atoms with E-state index in [-0.39, 0.29) is 5.78 Å². The molecule has 3 heteroatoms. The van der Waals surface area contributed by atoms with Gasteiger partial charge in [-0.3, -0.25) is 9.78 Å². The normalized spacial score (nSPS) is 21.6. The number of pyridine rings is 1. The maximum atomic E-state index is 12.4. The molecule has 1 aromatic heterocycles. The summed E-state index contributed by atoms with van der Waals surface area (Å²) in [5.74, 6) is 0.673. The van der Waals surface area contributed by atoms with E-state index in [1.807, 2.05) is 37.3 Å². The van der Waals surface area contributed by atoms with Crippen molar-refractivity contribution >= 4 is 16.7 Å². The molecule has 1 saturated carbocycles. The third kappa shape index (κ3) is 2.59. The summed E-state index contributed by atoms with van der Waals surface area (Å²) in [5.41, 5.74) is 1.57. The Morgan fingerprint density at radius 2 is 2.10 bits per heavy atom. The van der Waals surface area contributed by atoms with Crippen LogP contribution in [0.3, 0.4) is 0 Å². The van der Waals surface area contributed by atoms with Crippen molar-refractivity contribution in [1.29, 1.82) is 0 Å². The molecule has 2 aromatic rings. The minimum Gasteiger partial charge on any atom is -0.378 e. The molecule has 3 nitrogen and oxygen atoms in total. The first-order valence-electron chi connectivity index (χ1n) is 7.26. The largest absolute Gasteiger partial charge is 0.378 e. The van der Waals surface area contributed by atoms with Gasteiger partial charge >= 0.3 is 0 Å². The third-order valence-electron chi connectivity index (χ3n) is 4.00. The van der Waals surface area contributed by atoms with Crippen LogP contribution in [0, 0.1) is 5.92 Å². The molecule has 0 saturated heterocycles. The SMILES string of the molecule is CCOC1CC(CC(=O)c2cccc3cccnc23)C1. The first-order chi connectivity index (χ1) is 9.78. The molecule has 1 aliphatic carbocycles. The molecule has 1 heterocycles. The fourth-order valence-electron chi connectivity index (χ4n) is 2.91. The Kier molecular flexibility index (Phi) is 3.79. The van der Waals surface area contributed by atoms with Gasteiger partial charge in [0, 0.05) is 30.2 Å². The molecule has 0 bridgehead atoms. The Morgan fingerprint density at radius 1 is 1.30 bits per heavy atom. The second kappa shape index (κ2) is 5.71. The van der Waals surface area contributed by atoms with E-state index in [9.17, 15) is 4.79 Å². The van der Waals surface area contributed by atoms with Crippen LogP contribution >= 0.6 is 0 Å². The molecule has 3 rings (SSSR count). The molecule has 1 aliphatic rings. The van der Waals surface area contributed by atoms with Crippen molar-refractivity contribution in [2.24, 2.45) is 5.92 Å². The fourth-order valence-corrected chi connectivity index (χ4v) is 2.91. The van der Waals surface area contributed by atoms with Crippen LogP contribution in [-0.2, 0) is 4.74 Å². The Balaban J connectivity index is 1.71. The van der Waals surface area contributed by atoms with Crippen LogP contribution in [0.2, 0.25) is 0 Å². The lowest BCUT2D eigenvalue weighted by molar-refractivity contribution is -0.0245. The van der Waals surface area contributed by atoms with Crippen LogP contribution in [0.5, 0.6) is 0 Å². The quantitative estimate of drug-likeness (QED) is 0.778. The minimum absolute atomic E-state index is 0.203. The highest BCUT2D eigenvalue weighted by molar-refractivity contribution is 6.06. The summed E-state index contributed by atoms with van der Waals surface area (Å²) >= 11 is 0. The second-order valence-electron chi connectivity index (χ2n) is 5.42. The molecule has 0 aliphatic heterocycles. The number of aromatic nitrogens is 1. The van der Waals surface area contributed by atoms with Crippen LogP contribution in [0.4, 0.5) is 0 Å². The summed E-state index contributed by atoms with van der Waals surface area (Å²) < 4.78 is 5.54. The summed E-state index contributed by atoms with van der Waals surface area (Å²) in [6, 6.07) is 9.70. The molecule has 104 valence electrons. The number of carbonyl (C=O) groups excluding carboxylic acids is 1. The highest BCUT2D eigenvalue weighted by atomic mass is 16.5. The van der Waals surface area contributed by atoms with Gasteiger partial charge < -0.3 is 4.74 Å². The summed E-state index contributed by atoms with van der Waals surface area (Å²) in [5, 5.41) is 1.03. The fraction of sp³-hybridized carbons (Fsp3) is 0.412. The first kappa shape index (κ1) is 13.3. The molecule has 1 fully saturated rings. The van der Waals surface area contributed by atoms with Crippen molar-refractivity contribution in [3.8, 4) is 0 Å². The van der Waals surface area contributed by atoms with Crippen molar-refractivity contribution in [3.05, 3.63) is 42.1 Å². The average Bonchev–Trinajstić information content (AvgIpc) is 2.44. The molecule has 0 radical (unpaired) electrons. The number of carbonyl (C=O) groups is 1. The smallest absolute Gasteiger partial charge is 0.165 e. The Hall–Kier alpha value is -1.74. The third-order valence-corrected chi connectivity index (χ3v) is 4.00. The summed E-state index contributed by atoms with van der Waals surface area (Å²) in [6.45, 7) is 2.78. The Morgan fingerprint density at radius 3 is 2.90 bits per heavy atom. The molecule has 0 amide bonds. The number of ketones is 1. The molecular formula is C17H19NO2. The molecule has 0 N–H and O–H groups in total. The van der Waals surface area contributed by atoms with Crippen molar-refractivity contribution in [2.75, 3.05) is 6.61 Å². The molecule has 0 atom stereocenters. The number of hydrogen-bond donors (Lipinski definition) is 0. The Bertz CT molecular complexity index is 612. The highest BCUT2D eigenvalue weighted by Gasteiger charge is 2.31. The maximum Gasteiger partial charge on any atom is 0.165 e. The number of fused-ring (bicyclic) bond motifs is 1. The molecule has 1 aromatic carbocycles. The monoisotopic (exact) mass is 269 g/mol. The number of ether oxygens (including phenoxy) is 1. The highest BCUT2D eigenvalue weighted by Crippen LogP contribution is 2.34. The molecule has 20 heavy (non-hydrogen) atoms. The van der Waals surface area contributed by atoms with Gasteiger partial charge in [-0.2, -0.15) is 0 Å². The summed E-state index contributed by atoms with van der Waals surface area (Å²) in [6.07, 6.45) is 4.74. The van der Waals surface area contributed by atoms with Gasteiger partial charge in [0.05, 0.1) is 11.6 Å². The Labute approximate surface area is 119 Å². The van der Waals surface area contributed by atoms with Gasteiger partial charge in [-0.05, 0) is 37.8 Å². The topological polar surface area (TPSA) is 39.2 Å². The molecule has 0 spiro atoms. The lowest BCUT2D eigenvalue weighted by Gasteiger charge is -2.34. The van der Waals surface area contributed by atoms with E-state index in [2.05, 4.69) is 4.98 Å². The predicted octanol–water partition coefficient (Wildman–Crippen LogP) is 3.62. The van der Waals surface area contributed by atoms with Crippen LogP contribution in [0.25, 0.3) is 10.9 Å². The summed E-state index contributed by atoms with van der Waals surface area (Å²) in [4.78, 5) is 16.8. The van der Waals surface area contributed by atoms with Gasteiger partial charge in [-0.15, -0.1) is 0 Å². The van der Waals surface area contributed by atoms with E-state index >= 15 is 0 Å². The zero-order valence-electron chi connectivity index (χ0n) is 11.7. The van der Waals surface area contributed by atoms with Gasteiger partial charge in [-0.25, -0.2) is 0 Å². The number of rotatable bonds is 5. The predicted molar refractivity (Wildman–Crippen MR) is 78.8 cm³/mol. The average molecular weight is 269 g/mol. The number of hydrogen-bond acceptors (Lipinski definition) is 3. The van der Waals surface area contributed by atoms with Crippen LogP contribution < -0.4 is 0 Å². The van der Waals surface area contributed by atoms with E-state index in [0.717, 1.165) is 35.9 Å². The van der Waals surface area contributed by atoms with Gasteiger partial charge in [0.25, 0.3) is 0 Å². The van der Waals surface area contributed by atoms with E-state index in [0.29, 0.717) is 18.4 Å². The number of para-hydroxylation sites is 1. The van der Waals surface area contributed by atoms with Crippen molar-refractivity contribution < 1.29 is 9.53 Å². The van der Waals surface area contributed by atoms with Crippen molar-refractivity contribution in [1.82, 2.24) is 4.98 Å². The second-order valence-corrected chi connectivity index (χ2v) is 5.42. The van der Waals surface area contributed by atoms with Gasteiger partial charge in [0.2, 0.25) is 0 Å². The molecular weight excluding hydrogens is 250 g/mol. The van der Waals surface area contributed by atoms with Crippen LogP contribution in [-0.4, -0.2) is 23.5 Å². The zero-order chi connectivity index (χ0) is 13.9. The standard InChI is InChI=1S/C17H19NO2/c1-2-20-14-9-12(10-14)11-16(19)15-7-3-5-13-6-4-8-18-17(13)15/h3-8,12,14H,2,9-11H2,1H3. The van der Waals surface area contributed by atoms with Gasteiger partial charge in [-0.1, -0.05) is 18.2 Å². The van der Waals surface area contributed by atoms with Crippen LogP contribution in [0.1, 0.15) is 36.5 Å². The zero-order valence-corrected chi connectivity index (χ0v) is 11.7. The summed E-state index contributed by atoms with van der Waals surface area (Å²) in [7, 11) is 0. The van der Waals surface area contributed by atoms with Gasteiger partial charge in [0.1, 0.15) is 0 Å². The molecule has 0 unspecified atom stereocenters. The van der Waals surface area contributed by atoms with Gasteiger partial charge in [0.15, 0.2) is 5.78 Å². The number of Topliss-reactive ketones (excluding diaryl/α,β-unsaturated/α-hetero) is 1. The van der Waals surface area contributed by atoms with Crippen molar-refractivity contribution in [2.45, 2.75) is 32.3 Å². The lowest BCUT2D eigenvalue weighted by Crippen LogP contribution is -2.32. The van der Waals surface area contributed by atoms with Crippen molar-refractivity contribution in [3.63, 3.8) is 0 Å². The van der Waals surface area contributed by atoms with Crippen LogP contribution in [0.15, 0.2) is 36.5 Å². The van der Waals surface area contributed by atoms with E-state index in [1.165, 1.54) is 0 Å². The first-order valence-corrected chi connectivity index (χ1v) is 7.26. The lowest BCUT2D eigenvalue weighted by atomic mass is 9.78. The minimum atomic E-state index is 0.203. The maximum absolute atomic E-state index is 12.4. The number of nitrogens with zero attached hydrogens (tertiary/aromatic N) is 1. The number of benzene rings is 1. The van der Waals surface area contributed by atoms with E-state index in [4.69, 9.17) is 4.74 Å². The van der Waals surface area contributed by atoms with E-state index < -0.39 is 0 Å².